The molecule has 2 aliphatic rings. The van der Waals surface area contributed by atoms with Gasteiger partial charge in [-0.05, 0) is 29.8 Å². The smallest absolute Gasteiger partial charge is 0.279 e. The Kier molecular flexibility index (Phi) is 3.37. The fraction of sp³-hybridized carbons (Fsp3) is 0.190. The summed E-state index contributed by atoms with van der Waals surface area (Å²) in [4.78, 5) is 4.26. The van der Waals surface area contributed by atoms with Crippen LogP contribution in [-0.2, 0) is 5.79 Å². The number of dihydropyridines is 1. The molecule has 5 heteroatoms. The molecule has 0 amide bonds. The van der Waals surface area contributed by atoms with Crippen LogP contribution in [-0.4, -0.2) is 12.8 Å². The van der Waals surface area contributed by atoms with Crippen LogP contribution in [0.3, 0.4) is 0 Å². The van der Waals surface area contributed by atoms with Gasteiger partial charge >= 0.3 is 0 Å². The van der Waals surface area contributed by atoms with Crippen LogP contribution in [0.5, 0.6) is 11.5 Å². The van der Waals surface area contributed by atoms with Crippen LogP contribution in [0.1, 0.15) is 24.5 Å². The van der Waals surface area contributed by atoms with Gasteiger partial charge in [0.25, 0.3) is 5.79 Å². The van der Waals surface area contributed by atoms with E-state index in [1.807, 2.05) is 43.5 Å². The zero-order valence-corrected chi connectivity index (χ0v) is 14.9. The van der Waals surface area contributed by atoms with Crippen molar-refractivity contribution in [3.05, 3.63) is 64.9 Å². The van der Waals surface area contributed by atoms with Crippen molar-refractivity contribution in [1.29, 1.82) is 0 Å². The quantitative estimate of drug-likeness (QED) is 0.594. The zero-order valence-electron chi connectivity index (χ0n) is 14.2. The third kappa shape index (κ3) is 2.26. The van der Waals surface area contributed by atoms with Crippen LogP contribution in [0.15, 0.2) is 58.1 Å². The number of ether oxygens (including phenoxy) is 2. The first-order valence-corrected chi connectivity index (χ1v) is 8.88. The van der Waals surface area contributed by atoms with Gasteiger partial charge in [0.15, 0.2) is 11.5 Å². The Labute approximate surface area is 155 Å². The third-order valence-corrected chi connectivity index (χ3v) is 5.19. The second-order valence-corrected chi connectivity index (χ2v) is 6.93. The lowest BCUT2D eigenvalue weighted by atomic mass is 10.00. The van der Waals surface area contributed by atoms with E-state index in [0.29, 0.717) is 17.2 Å². The Hall–Kier alpha value is -2.72. The van der Waals surface area contributed by atoms with Crippen LogP contribution in [0.25, 0.3) is 16.5 Å². The van der Waals surface area contributed by atoms with Gasteiger partial charge in [-0.25, -0.2) is 0 Å². The molecule has 130 valence electrons. The van der Waals surface area contributed by atoms with E-state index in [9.17, 15) is 0 Å². The van der Waals surface area contributed by atoms with Crippen molar-refractivity contribution in [2.45, 2.75) is 19.1 Å². The zero-order chi connectivity index (χ0) is 17.7. The molecule has 0 spiro atoms. The highest BCUT2D eigenvalue weighted by Gasteiger charge is 2.42. The van der Waals surface area contributed by atoms with Crippen molar-refractivity contribution in [1.82, 2.24) is 0 Å². The van der Waals surface area contributed by atoms with Crippen LogP contribution in [0.2, 0.25) is 5.02 Å². The monoisotopic (exact) mass is 365 g/mol. The summed E-state index contributed by atoms with van der Waals surface area (Å²) in [5.74, 6) is 0.497. The Bertz CT molecular complexity index is 1080. The number of para-hydroxylation sites is 1. The van der Waals surface area contributed by atoms with Gasteiger partial charge in [0.1, 0.15) is 5.58 Å². The second-order valence-electron chi connectivity index (χ2n) is 6.52. The fourth-order valence-electron chi connectivity index (χ4n) is 3.58. The van der Waals surface area contributed by atoms with Crippen molar-refractivity contribution in [3.63, 3.8) is 0 Å². The number of furan rings is 1. The van der Waals surface area contributed by atoms with Gasteiger partial charge < -0.3 is 13.9 Å². The number of allylic oxidation sites excluding steroid dienone is 1. The van der Waals surface area contributed by atoms with Gasteiger partial charge in [0.05, 0.1) is 23.4 Å². The molecule has 0 fully saturated rings. The molecule has 5 rings (SSSR count). The van der Waals surface area contributed by atoms with E-state index in [1.54, 1.807) is 6.26 Å². The first-order chi connectivity index (χ1) is 12.7. The van der Waals surface area contributed by atoms with Gasteiger partial charge in [-0.3, -0.25) is 4.99 Å². The molecule has 0 saturated carbocycles. The normalized spacial score (nSPS) is 21.2. The van der Waals surface area contributed by atoms with E-state index in [4.69, 9.17) is 25.5 Å². The first kappa shape index (κ1) is 15.5. The van der Waals surface area contributed by atoms with Crippen LogP contribution >= 0.6 is 11.6 Å². The Morgan fingerprint density at radius 1 is 1.12 bits per heavy atom. The largest absolute Gasteiger partial charge is 0.464 e. The average molecular weight is 366 g/mol. The molecule has 2 aliphatic heterocycles. The van der Waals surface area contributed by atoms with E-state index < -0.39 is 5.79 Å². The lowest BCUT2D eigenvalue weighted by Crippen LogP contribution is -2.31. The number of halogens is 1. The van der Waals surface area contributed by atoms with Gasteiger partial charge in [0, 0.05) is 30.5 Å². The second kappa shape index (κ2) is 5.64. The van der Waals surface area contributed by atoms with E-state index in [1.165, 1.54) is 5.57 Å². The van der Waals surface area contributed by atoms with E-state index in [-0.39, 0.29) is 0 Å². The van der Waals surface area contributed by atoms with Crippen molar-refractivity contribution >= 4 is 34.4 Å². The van der Waals surface area contributed by atoms with Crippen molar-refractivity contribution < 1.29 is 13.9 Å². The molecular weight excluding hydrogens is 350 g/mol. The molecule has 4 nitrogen and oxygen atoms in total. The summed E-state index contributed by atoms with van der Waals surface area (Å²) in [5, 5.41) is 1.49. The average Bonchev–Trinajstić information content (AvgIpc) is 3.27. The highest BCUT2D eigenvalue weighted by Crippen LogP contribution is 2.49. The summed E-state index contributed by atoms with van der Waals surface area (Å²) < 4.78 is 18.3. The minimum absolute atomic E-state index is 0.643. The third-order valence-electron chi connectivity index (χ3n) is 4.86. The molecular formula is C21H16ClNO3. The standard InChI is InChI=1S/C21H16ClNO3/c1-21(16-5-6-17(22)15-9-12-24-19(15)16)25-18-4-2-3-14(20(18)26-21)13-7-10-23-11-8-13/h2-7,9,11-12H,8,10H2,1H3. The predicted molar refractivity (Wildman–Crippen MR) is 102 cm³/mol. The summed E-state index contributed by atoms with van der Waals surface area (Å²) in [7, 11) is 0. The Morgan fingerprint density at radius 2 is 2.04 bits per heavy atom. The van der Waals surface area contributed by atoms with Gasteiger partial charge in [-0.2, -0.15) is 0 Å². The molecule has 0 radical (unpaired) electrons. The van der Waals surface area contributed by atoms with E-state index in [2.05, 4.69) is 17.1 Å². The molecule has 0 aliphatic carbocycles. The highest BCUT2D eigenvalue weighted by atomic mass is 35.5. The molecule has 1 unspecified atom stereocenters. The lowest BCUT2D eigenvalue weighted by molar-refractivity contribution is -0.0674. The first-order valence-electron chi connectivity index (χ1n) is 8.51. The number of nitrogens with zero attached hydrogens (tertiary/aromatic N) is 1. The Balaban J connectivity index is 1.61. The van der Waals surface area contributed by atoms with Gasteiger partial charge in [0.2, 0.25) is 0 Å². The maximum Gasteiger partial charge on any atom is 0.279 e. The Morgan fingerprint density at radius 3 is 2.88 bits per heavy atom. The number of hydrogen-bond acceptors (Lipinski definition) is 4. The number of benzene rings is 2. The number of aliphatic imine (C=N–C) groups is 1. The molecule has 3 aromatic rings. The summed E-state index contributed by atoms with van der Waals surface area (Å²) in [6, 6.07) is 11.6. The van der Waals surface area contributed by atoms with Crippen LogP contribution in [0, 0.1) is 0 Å². The molecule has 2 aromatic carbocycles. The number of rotatable bonds is 2. The minimum atomic E-state index is -0.984. The highest BCUT2D eigenvalue weighted by molar-refractivity contribution is 6.35. The molecule has 3 heterocycles. The maximum atomic E-state index is 6.37. The summed E-state index contributed by atoms with van der Waals surface area (Å²) in [5.41, 5.74) is 3.73. The minimum Gasteiger partial charge on any atom is -0.464 e. The SMILES string of the molecule is CC1(c2ccc(Cl)c3ccoc23)Oc2cccc(C3=CCN=CC3)c2O1. The summed E-state index contributed by atoms with van der Waals surface area (Å²) in [6.07, 6.45) is 6.49. The molecule has 0 saturated heterocycles. The van der Waals surface area contributed by atoms with Gasteiger partial charge in [-0.15, -0.1) is 0 Å². The molecule has 0 N–H and O–H groups in total. The number of fused-ring (bicyclic) bond motifs is 2. The van der Waals surface area contributed by atoms with Crippen LogP contribution < -0.4 is 9.47 Å². The maximum absolute atomic E-state index is 6.37. The van der Waals surface area contributed by atoms with Gasteiger partial charge in [-0.1, -0.05) is 29.8 Å². The molecule has 0 bridgehead atoms. The lowest BCUT2D eigenvalue weighted by Gasteiger charge is -2.24. The predicted octanol–water partition coefficient (Wildman–Crippen LogP) is 5.59. The summed E-state index contributed by atoms with van der Waals surface area (Å²) >= 11 is 6.28. The molecule has 1 aromatic heterocycles. The fourth-order valence-corrected chi connectivity index (χ4v) is 3.79. The summed E-state index contributed by atoms with van der Waals surface area (Å²) in [6.45, 7) is 2.60. The van der Waals surface area contributed by atoms with E-state index in [0.717, 1.165) is 34.4 Å². The van der Waals surface area contributed by atoms with Crippen molar-refractivity contribution in [3.8, 4) is 11.5 Å². The number of hydrogen-bond donors (Lipinski definition) is 0. The topological polar surface area (TPSA) is 44.0 Å². The molecule has 26 heavy (non-hydrogen) atoms. The van der Waals surface area contributed by atoms with E-state index >= 15 is 0 Å². The van der Waals surface area contributed by atoms with Crippen molar-refractivity contribution in [2.24, 2.45) is 4.99 Å². The molecule has 1 atom stereocenters. The van der Waals surface area contributed by atoms with Crippen LogP contribution in [0.4, 0.5) is 0 Å². The van der Waals surface area contributed by atoms with Crippen molar-refractivity contribution in [2.75, 3.05) is 6.54 Å².